The molecule has 0 rings (SSSR count). The van der Waals surface area contributed by atoms with Gasteiger partial charge in [0.25, 0.3) is 0 Å². The summed E-state index contributed by atoms with van der Waals surface area (Å²) in [6.07, 6.45) is 0. The van der Waals surface area contributed by atoms with Crippen molar-refractivity contribution in [2.45, 2.75) is 23.9 Å². The van der Waals surface area contributed by atoms with E-state index in [1.54, 1.807) is 13.8 Å². The Kier molecular flexibility index (Phi) is 6.36. The van der Waals surface area contributed by atoms with Crippen molar-refractivity contribution in [3.63, 3.8) is 0 Å². The van der Waals surface area contributed by atoms with Gasteiger partial charge in [0, 0.05) is 0 Å². The van der Waals surface area contributed by atoms with Gasteiger partial charge in [-0.3, -0.25) is 13.6 Å². The van der Waals surface area contributed by atoms with Crippen LogP contribution in [0.5, 0.6) is 0 Å². The first-order valence-corrected chi connectivity index (χ1v) is 5.73. The quantitative estimate of drug-likeness (QED) is 0.591. The monoisotopic (exact) mass is 294 g/mol. The molecular formula is C4H9Br2O3P. The van der Waals surface area contributed by atoms with E-state index >= 15 is 0 Å². The Morgan fingerprint density at radius 2 is 1.50 bits per heavy atom. The summed E-state index contributed by atoms with van der Waals surface area (Å²) in [4.78, 5) is 0. The molecule has 0 aromatic heterocycles. The smallest absolute Gasteiger partial charge is 0.296 e. The van der Waals surface area contributed by atoms with E-state index in [9.17, 15) is 4.57 Å². The molecule has 0 aliphatic rings. The Morgan fingerprint density at radius 1 is 1.20 bits per heavy atom. The van der Waals surface area contributed by atoms with E-state index in [1.807, 2.05) is 0 Å². The van der Waals surface area contributed by atoms with E-state index in [4.69, 9.17) is 9.05 Å². The van der Waals surface area contributed by atoms with Crippen molar-refractivity contribution < 1.29 is 13.6 Å². The van der Waals surface area contributed by atoms with E-state index in [1.165, 1.54) is 0 Å². The summed E-state index contributed by atoms with van der Waals surface area (Å²) in [5.74, 6) is 0. The van der Waals surface area contributed by atoms with Gasteiger partial charge < -0.3 is 0 Å². The molecule has 0 aliphatic carbocycles. The predicted octanol–water partition coefficient (Wildman–Crippen LogP) is 2.89. The topological polar surface area (TPSA) is 35.5 Å². The molecule has 0 bridgehead atoms. The molecule has 62 valence electrons. The van der Waals surface area contributed by atoms with Crippen LogP contribution in [0.4, 0.5) is 0 Å². The van der Waals surface area contributed by atoms with Gasteiger partial charge in [-0.05, 0) is 13.8 Å². The minimum Gasteiger partial charge on any atom is -0.296 e. The van der Waals surface area contributed by atoms with Crippen LogP contribution >= 0.6 is 40.1 Å². The van der Waals surface area contributed by atoms with E-state index in [0.717, 1.165) is 0 Å². The van der Waals surface area contributed by atoms with Gasteiger partial charge in [0.2, 0.25) is 0 Å². The molecule has 0 spiro atoms. The predicted molar refractivity (Wildman–Crippen MR) is 47.9 cm³/mol. The molecule has 0 heterocycles. The van der Waals surface area contributed by atoms with Gasteiger partial charge in [-0.2, -0.15) is 0 Å². The number of halogens is 2. The lowest BCUT2D eigenvalue weighted by atomic mass is 10.9. The first-order valence-electron chi connectivity index (χ1n) is 2.67. The number of alkyl halides is 2. The van der Waals surface area contributed by atoms with Gasteiger partial charge in [-0.25, -0.2) is 0 Å². The van der Waals surface area contributed by atoms with Crippen molar-refractivity contribution >= 4 is 40.1 Å². The summed E-state index contributed by atoms with van der Waals surface area (Å²) in [6.45, 7) is 3.45. The molecule has 2 atom stereocenters. The lowest BCUT2D eigenvalue weighted by Gasteiger charge is -2.07. The van der Waals surface area contributed by atoms with Crippen LogP contribution in [-0.4, -0.2) is 10.0 Å². The van der Waals surface area contributed by atoms with Crippen molar-refractivity contribution in [1.82, 2.24) is 0 Å². The van der Waals surface area contributed by atoms with Gasteiger partial charge >= 0.3 is 8.25 Å². The molecule has 0 saturated carbocycles. The molecule has 0 amide bonds. The van der Waals surface area contributed by atoms with E-state index in [2.05, 4.69) is 31.9 Å². The minimum atomic E-state index is -2.33. The van der Waals surface area contributed by atoms with Crippen LogP contribution in [0.2, 0.25) is 0 Å². The third kappa shape index (κ3) is 7.22. The minimum absolute atomic E-state index is 0.231. The first kappa shape index (κ1) is 11.1. The Morgan fingerprint density at radius 3 is 1.70 bits per heavy atom. The summed E-state index contributed by atoms with van der Waals surface area (Å²) in [7, 11) is -2.33. The van der Waals surface area contributed by atoms with E-state index < -0.39 is 8.25 Å². The fourth-order valence-electron chi connectivity index (χ4n) is 0.293. The second-order valence-electron chi connectivity index (χ2n) is 1.57. The molecule has 0 radical (unpaired) electrons. The Hall–Kier alpha value is 1.11. The number of hydrogen-bond acceptors (Lipinski definition) is 3. The van der Waals surface area contributed by atoms with Crippen LogP contribution in [-0.2, 0) is 13.6 Å². The van der Waals surface area contributed by atoms with Crippen LogP contribution in [0.25, 0.3) is 0 Å². The Balaban J connectivity index is 3.44. The molecule has 0 N–H and O–H groups in total. The maximum Gasteiger partial charge on any atom is 0.321 e. The average Bonchev–Trinajstić information content (AvgIpc) is 1.58. The highest BCUT2D eigenvalue weighted by Gasteiger charge is 2.06. The summed E-state index contributed by atoms with van der Waals surface area (Å²) >= 11 is 6.15. The molecule has 6 heteroatoms. The highest BCUT2D eigenvalue weighted by Crippen LogP contribution is 2.30. The van der Waals surface area contributed by atoms with Crippen LogP contribution in [0.1, 0.15) is 13.8 Å². The Bertz CT molecular complexity index is 105. The van der Waals surface area contributed by atoms with Crippen LogP contribution in [0.3, 0.4) is 0 Å². The summed E-state index contributed by atoms with van der Waals surface area (Å²) in [5, 5.41) is -0.463. The van der Waals surface area contributed by atoms with Crippen molar-refractivity contribution in [1.29, 1.82) is 0 Å². The standard InChI is InChI=1S/C4H9Br2O3P/c1-3(5)8-10(7)9-4(2)6/h3-4,10H,1-2H3. The fourth-order valence-corrected chi connectivity index (χ4v) is 1.79. The third-order valence-electron chi connectivity index (χ3n) is 0.517. The highest BCUT2D eigenvalue weighted by molar-refractivity contribution is 9.09. The van der Waals surface area contributed by atoms with Crippen molar-refractivity contribution in [3.05, 3.63) is 0 Å². The van der Waals surface area contributed by atoms with E-state index in [-0.39, 0.29) is 10.0 Å². The third-order valence-corrected chi connectivity index (χ3v) is 2.67. The summed E-state index contributed by atoms with van der Waals surface area (Å²) in [6, 6.07) is 0. The number of rotatable bonds is 4. The van der Waals surface area contributed by atoms with Crippen molar-refractivity contribution in [2.24, 2.45) is 0 Å². The molecule has 3 nitrogen and oxygen atoms in total. The van der Waals surface area contributed by atoms with Gasteiger partial charge in [0.1, 0.15) is 10.0 Å². The molecule has 0 saturated heterocycles. The molecule has 0 aliphatic heterocycles. The fraction of sp³-hybridized carbons (Fsp3) is 1.00. The zero-order valence-corrected chi connectivity index (χ0v) is 9.81. The largest absolute Gasteiger partial charge is 0.321 e. The molecule has 0 aromatic carbocycles. The van der Waals surface area contributed by atoms with Gasteiger partial charge in [-0.15, -0.1) is 0 Å². The highest BCUT2D eigenvalue weighted by atomic mass is 79.9. The lowest BCUT2D eigenvalue weighted by Crippen LogP contribution is -1.95. The molecule has 0 aromatic rings. The second kappa shape index (κ2) is 5.72. The SMILES string of the molecule is CC(Br)O[PH](=O)OC(C)Br. The summed E-state index contributed by atoms with van der Waals surface area (Å²) < 4.78 is 20.3. The van der Waals surface area contributed by atoms with Crippen molar-refractivity contribution in [3.8, 4) is 0 Å². The van der Waals surface area contributed by atoms with Crippen molar-refractivity contribution in [2.75, 3.05) is 0 Å². The first-order chi connectivity index (χ1) is 4.52. The molecule has 10 heavy (non-hydrogen) atoms. The summed E-state index contributed by atoms with van der Waals surface area (Å²) in [5.41, 5.74) is 0. The van der Waals surface area contributed by atoms with Gasteiger partial charge in [-0.1, -0.05) is 31.9 Å². The van der Waals surface area contributed by atoms with Crippen LogP contribution in [0, 0.1) is 0 Å². The molecule has 2 unspecified atom stereocenters. The van der Waals surface area contributed by atoms with E-state index in [0.29, 0.717) is 0 Å². The second-order valence-corrected chi connectivity index (χ2v) is 5.12. The molecular weight excluding hydrogens is 287 g/mol. The van der Waals surface area contributed by atoms with Gasteiger partial charge in [0.15, 0.2) is 0 Å². The van der Waals surface area contributed by atoms with Crippen LogP contribution in [0.15, 0.2) is 0 Å². The zero-order chi connectivity index (χ0) is 8.15. The maximum absolute atomic E-state index is 10.7. The average molecular weight is 296 g/mol. The number of hydrogen-bond donors (Lipinski definition) is 0. The zero-order valence-electron chi connectivity index (χ0n) is 5.64. The lowest BCUT2D eigenvalue weighted by molar-refractivity contribution is 0.221. The van der Waals surface area contributed by atoms with Gasteiger partial charge in [0.05, 0.1) is 0 Å². The maximum atomic E-state index is 10.7. The molecule has 0 fully saturated rings. The van der Waals surface area contributed by atoms with Crippen LogP contribution < -0.4 is 0 Å². The normalized spacial score (nSPS) is 20.0. The Labute approximate surface area is 77.7 Å².